The molecule has 3 aliphatic rings. The largest absolute Gasteiger partial charge is 0.385 e. The Morgan fingerprint density at radius 3 is 2.06 bits per heavy atom. The highest BCUT2D eigenvalue weighted by atomic mass is 16.2. The molecule has 0 aliphatic carbocycles. The van der Waals surface area contributed by atoms with Gasteiger partial charge in [0.1, 0.15) is 0 Å². The Balaban J connectivity index is 1.09. The van der Waals surface area contributed by atoms with Gasteiger partial charge in [-0.2, -0.15) is 5.26 Å². The van der Waals surface area contributed by atoms with Crippen LogP contribution < -0.4 is 5.32 Å². The van der Waals surface area contributed by atoms with Gasteiger partial charge in [-0.25, -0.2) is 0 Å². The minimum absolute atomic E-state index is 0.214. The lowest BCUT2D eigenvalue weighted by Crippen LogP contribution is -2.53. The van der Waals surface area contributed by atoms with E-state index >= 15 is 0 Å². The molecule has 180 valence electrons. The van der Waals surface area contributed by atoms with Gasteiger partial charge in [0.15, 0.2) is 0 Å². The van der Waals surface area contributed by atoms with Crippen LogP contribution in [0.3, 0.4) is 0 Å². The van der Waals surface area contributed by atoms with Gasteiger partial charge in [0.05, 0.1) is 11.6 Å². The van der Waals surface area contributed by atoms with Crippen molar-refractivity contribution >= 4 is 11.6 Å². The van der Waals surface area contributed by atoms with E-state index in [0.717, 1.165) is 63.2 Å². The molecule has 2 atom stereocenters. The standard InChI is InChI=1S/C26H40N6O/c1-22(33)32-14-12-29(13-15-32)10-3-11-31-20-24-16-25(21-31)19-30(18-24)9-2-8-28-26-6-4-23(17-27)5-7-26/h4-7,24-25,28H,2-3,8-16,18-21H2,1H3. The molecule has 0 aromatic heterocycles. The molecule has 0 radical (unpaired) electrons. The summed E-state index contributed by atoms with van der Waals surface area (Å²) in [7, 11) is 0. The van der Waals surface area contributed by atoms with Crippen molar-refractivity contribution in [2.24, 2.45) is 11.8 Å². The van der Waals surface area contributed by atoms with E-state index < -0.39 is 0 Å². The van der Waals surface area contributed by atoms with Crippen LogP contribution in [-0.4, -0.2) is 104 Å². The van der Waals surface area contributed by atoms with E-state index in [0.29, 0.717) is 5.56 Å². The number of nitrogens with one attached hydrogen (secondary N) is 1. The minimum Gasteiger partial charge on any atom is -0.385 e. The third kappa shape index (κ3) is 7.17. The highest BCUT2D eigenvalue weighted by Crippen LogP contribution is 2.28. The summed E-state index contributed by atoms with van der Waals surface area (Å²) in [5.74, 6) is 1.86. The molecule has 0 saturated carbocycles. The highest BCUT2D eigenvalue weighted by molar-refractivity contribution is 5.73. The Morgan fingerprint density at radius 2 is 1.48 bits per heavy atom. The van der Waals surface area contributed by atoms with E-state index in [1.807, 2.05) is 29.2 Å². The molecule has 1 aromatic rings. The van der Waals surface area contributed by atoms with E-state index in [2.05, 4.69) is 26.1 Å². The van der Waals surface area contributed by atoms with Gasteiger partial charge in [0.2, 0.25) is 5.91 Å². The number of carbonyl (C=O) groups excluding carboxylic acids is 1. The highest BCUT2D eigenvalue weighted by Gasteiger charge is 2.33. The molecule has 3 aliphatic heterocycles. The zero-order valence-electron chi connectivity index (χ0n) is 20.2. The van der Waals surface area contributed by atoms with Crippen molar-refractivity contribution in [1.29, 1.82) is 5.26 Å². The predicted octanol–water partition coefficient (Wildman–Crippen LogP) is 2.17. The van der Waals surface area contributed by atoms with Crippen LogP contribution in [0.2, 0.25) is 0 Å². The van der Waals surface area contributed by atoms with E-state index in [1.165, 1.54) is 52.1 Å². The third-order valence-electron chi connectivity index (χ3n) is 7.49. The number of anilines is 1. The van der Waals surface area contributed by atoms with Gasteiger partial charge in [-0.1, -0.05) is 0 Å². The smallest absolute Gasteiger partial charge is 0.219 e. The minimum atomic E-state index is 0.214. The van der Waals surface area contributed by atoms with Crippen LogP contribution in [0.15, 0.2) is 24.3 Å². The normalized spacial score (nSPS) is 24.4. The molecule has 3 saturated heterocycles. The van der Waals surface area contributed by atoms with E-state index in [-0.39, 0.29) is 5.91 Å². The number of likely N-dealkylation sites (tertiary alicyclic amines) is 2. The Morgan fingerprint density at radius 1 is 0.909 bits per heavy atom. The number of piperidine rings is 2. The fourth-order valence-corrected chi connectivity index (χ4v) is 5.86. The van der Waals surface area contributed by atoms with E-state index in [1.54, 1.807) is 6.92 Å². The molecule has 2 bridgehead atoms. The number of amides is 1. The number of rotatable bonds is 9. The van der Waals surface area contributed by atoms with Gasteiger partial charge in [0.25, 0.3) is 0 Å². The number of nitriles is 1. The fraction of sp³-hybridized carbons (Fsp3) is 0.692. The Kier molecular flexibility index (Phi) is 8.60. The van der Waals surface area contributed by atoms with Crippen molar-refractivity contribution in [3.63, 3.8) is 0 Å². The summed E-state index contributed by atoms with van der Waals surface area (Å²) in [6, 6.07) is 9.89. The van der Waals surface area contributed by atoms with Crippen LogP contribution in [0.25, 0.3) is 0 Å². The van der Waals surface area contributed by atoms with Crippen LogP contribution in [0.4, 0.5) is 5.69 Å². The fourth-order valence-electron chi connectivity index (χ4n) is 5.86. The molecule has 1 N–H and O–H groups in total. The van der Waals surface area contributed by atoms with Crippen molar-refractivity contribution in [3.8, 4) is 6.07 Å². The number of piperazine rings is 1. The Labute approximate surface area is 199 Å². The average Bonchev–Trinajstić information content (AvgIpc) is 2.82. The van der Waals surface area contributed by atoms with E-state index in [4.69, 9.17) is 5.26 Å². The molecule has 7 nitrogen and oxygen atoms in total. The molecule has 4 rings (SSSR count). The lowest BCUT2D eigenvalue weighted by molar-refractivity contribution is -0.130. The summed E-state index contributed by atoms with van der Waals surface area (Å²) in [6.07, 6.45) is 3.80. The number of carbonyl (C=O) groups is 1. The van der Waals surface area contributed by atoms with Crippen LogP contribution in [0, 0.1) is 23.2 Å². The van der Waals surface area contributed by atoms with Crippen molar-refractivity contribution in [1.82, 2.24) is 19.6 Å². The van der Waals surface area contributed by atoms with Crippen LogP contribution in [-0.2, 0) is 4.79 Å². The molecule has 3 fully saturated rings. The topological polar surface area (TPSA) is 65.9 Å². The first kappa shape index (κ1) is 24.0. The lowest BCUT2D eigenvalue weighted by atomic mass is 9.84. The molecule has 0 spiro atoms. The second kappa shape index (κ2) is 11.8. The SMILES string of the molecule is CC(=O)N1CCN(CCCN2CC3CC(CN(CCCNc4ccc(C#N)cc4)C3)C2)CC1. The molecular weight excluding hydrogens is 412 g/mol. The first-order chi connectivity index (χ1) is 16.1. The summed E-state index contributed by atoms with van der Waals surface area (Å²) >= 11 is 0. The first-order valence-corrected chi connectivity index (χ1v) is 12.8. The molecule has 1 aromatic carbocycles. The maximum absolute atomic E-state index is 11.5. The quantitative estimate of drug-likeness (QED) is 0.580. The maximum atomic E-state index is 11.5. The second-order valence-electron chi connectivity index (χ2n) is 10.2. The number of nitrogens with zero attached hydrogens (tertiary/aromatic N) is 5. The van der Waals surface area contributed by atoms with Gasteiger partial charge in [0, 0.05) is 71.5 Å². The van der Waals surface area contributed by atoms with Crippen LogP contribution in [0.1, 0.15) is 31.7 Å². The van der Waals surface area contributed by atoms with Gasteiger partial charge in [-0.15, -0.1) is 0 Å². The van der Waals surface area contributed by atoms with Gasteiger partial charge in [-0.3, -0.25) is 9.69 Å². The number of benzene rings is 1. The predicted molar refractivity (Wildman–Crippen MR) is 132 cm³/mol. The molecule has 33 heavy (non-hydrogen) atoms. The summed E-state index contributed by atoms with van der Waals surface area (Å²) in [4.78, 5) is 21.4. The van der Waals surface area contributed by atoms with Gasteiger partial charge >= 0.3 is 0 Å². The third-order valence-corrected chi connectivity index (χ3v) is 7.49. The number of fused-ring (bicyclic) bond motifs is 2. The van der Waals surface area contributed by atoms with Gasteiger partial charge < -0.3 is 20.0 Å². The summed E-state index contributed by atoms with van der Waals surface area (Å²) < 4.78 is 0. The van der Waals surface area contributed by atoms with Crippen molar-refractivity contribution in [2.75, 3.05) is 83.9 Å². The molecule has 2 unspecified atom stereocenters. The summed E-state index contributed by atoms with van der Waals surface area (Å²) in [6.45, 7) is 15.1. The van der Waals surface area contributed by atoms with Crippen molar-refractivity contribution in [2.45, 2.75) is 26.2 Å². The zero-order chi connectivity index (χ0) is 23.0. The number of hydrogen-bond acceptors (Lipinski definition) is 6. The van der Waals surface area contributed by atoms with Crippen LogP contribution in [0.5, 0.6) is 0 Å². The first-order valence-electron chi connectivity index (χ1n) is 12.8. The summed E-state index contributed by atoms with van der Waals surface area (Å²) in [5.41, 5.74) is 1.81. The lowest BCUT2D eigenvalue weighted by Gasteiger charge is -2.46. The van der Waals surface area contributed by atoms with Crippen molar-refractivity contribution < 1.29 is 4.79 Å². The second-order valence-corrected chi connectivity index (χ2v) is 10.2. The van der Waals surface area contributed by atoms with Crippen LogP contribution >= 0.6 is 0 Å². The summed E-state index contributed by atoms with van der Waals surface area (Å²) in [5, 5.41) is 12.4. The number of hydrogen-bond donors (Lipinski definition) is 1. The zero-order valence-corrected chi connectivity index (χ0v) is 20.2. The average molecular weight is 453 g/mol. The van der Waals surface area contributed by atoms with E-state index in [9.17, 15) is 4.79 Å². The molecule has 1 amide bonds. The molecule has 7 heteroatoms. The Hall–Kier alpha value is -2.14. The van der Waals surface area contributed by atoms with Gasteiger partial charge in [-0.05, 0) is 75.0 Å². The monoisotopic (exact) mass is 452 g/mol. The molecule has 3 heterocycles. The maximum Gasteiger partial charge on any atom is 0.219 e. The van der Waals surface area contributed by atoms with Crippen molar-refractivity contribution in [3.05, 3.63) is 29.8 Å². The molecular formula is C26H40N6O. The Bertz CT molecular complexity index is 784.